The van der Waals surface area contributed by atoms with E-state index in [0.717, 1.165) is 24.8 Å². The minimum Gasteiger partial charge on any atom is -0.445 e. The Hall–Kier alpha value is -1.84. The van der Waals surface area contributed by atoms with E-state index < -0.39 is 6.09 Å². The van der Waals surface area contributed by atoms with Crippen LogP contribution in [0.2, 0.25) is 0 Å². The molecule has 97 valence electrons. The lowest BCUT2D eigenvalue weighted by atomic mass is 10.2. The predicted octanol–water partition coefficient (Wildman–Crippen LogP) is 2.58. The first kappa shape index (κ1) is 14.2. The summed E-state index contributed by atoms with van der Waals surface area (Å²) in [5, 5.41) is 2.67. The van der Waals surface area contributed by atoms with E-state index in [1.807, 2.05) is 36.6 Å². The minimum atomic E-state index is -0.402. The smallest absolute Gasteiger partial charge is 0.407 e. The number of rotatable bonds is 8. The third-order valence-corrected chi connectivity index (χ3v) is 2.44. The van der Waals surface area contributed by atoms with Gasteiger partial charge < -0.3 is 10.1 Å². The molecule has 1 amide bonds. The van der Waals surface area contributed by atoms with E-state index in [0.29, 0.717) is 13.0 Å². The van der Waals surface area contributed by atoms with Crippen LogP contribution in [-0.4, -0.2) is 18.9 Å². The summed E-state index contributed by atoms with van der Waals surface area (Å²) in [6.45, 7) is 0.860. The standard InChI is InChI=1S/C14H18NO3/c16-11-7-2-1-6-10-15-14(17)18-12-13-8-4-3-5-9-13/h3-5,8-9H,1-2,6-7,10,12H2,(H,15,17). The quantitative estimate of drug-likeness (QED) is 0.719. The number of amides is 1. The van der Waals surface area contributed by atoms with Crippen molar-refractivity contribution in [2.45, 2.75) is 32.3 Å². The number of carbonyl (C=O) groups is 1. The molecule has 1 radical (unpaired) electrons. The number of benzene rings is 1. The van der Waals surface area contributed by atoms with E-state index in [4.69, 9.17) is 4.74 Å². The molecule has 4 nitrogen and oxygen atoms in total. The summed E-state index contributed by atoms with van der Waals surface area (Å²) in [7, 11) is 0. The van der Waals surface area contributed by atoms with Gasteiger partial charge in [-0.2, -0.15) is 0 Å². The maximum Gasteiger partial charge on any atom is 0.407 e. The molecule has 0 unspecified atom stereocenters. The number of unbranched alkanes of at least 4 members (excludes halogenated alkanes) is 3. The van der Waals surface area contributed by atoms with Crippen molar-refractivity contribution in [3.8, 4) is 0 Å². The molecule has 0 aliphatic carbocycles. The predicted molar refractivity (Wildman–Crippen MR) is 68.8 cm³/mol. The maximum absolute atomic E-state index is 11.3. The van der Waals surface area contributed by atoms with Crippen molar-refractivity contribution in [3.05, 3.63) is 35.9 Å². The van der Waals surface area contributed by atoms with E-state index in [2.05, 4.69) is 5.32 Å². The van der Waals surface area contributed by atoms with Gasteiger partial charge in [-0.15, -0.1) is 0 Å². The Morgan fingerprint density at radius 3 is 2.67 bits per heavy atom. The zero-order valence-corrected chi connectivity index (χ0v) is 10.4. The normalized spacial score (nSPS) is 9.78. The summed E-state index contributed by atoms with van der Waals surface area (Å²) >= 11 is 0. The van der Waals surface area contributed by atoms with Crippen LogP contribution >= 0.6 is 0 Å². The van der Waals surface area contributed by atoms with Gasteiger partial charge in [0.15, 0.2) is 6.29 Å². The Kier molecular flexibility index (Phi) is 7.28. The lowest BCUT2D eigenvalue weighted by molar-refractivity contribution is 0.139. The van der Waals surface area contributed by atoms with Gasteiger partial charge >= 0.3 is 6.09 Å². The molecule has 1 aromatic rings. The first-order valence-corrected chi connectivity index (χ1v) is 6.12. The van der Waals surface area contributed by atoms with Gasteiger partial charge in [0.2, 0.25) is 0 Å². The molecule has 4 heteroatoms. The summed E-state index contributed by atoms with van der Waals surface area (Å²) in [5.41, 5.74) is 0.967. The fraction of sp³-hybridized carbons (Fsp3) is 0.429. The van der Waals surface area contributed by atoms with Crippen molar-refractivity contribution >= 4 is 12.4 Å². The number of nitrogens with one attached hydrogen (secondary N) is 1. The highest BCUT2D eigenvalue weighted by Gasteiger charge is 2.01. The average molecular weight is 248 g/mol. The van der Waals surface area contributed by atoms with Crippen LogP contribution in [-0.2, 0) is 16.1 Å². The summed E-state index contributed by atoms with van der Waals surface area (Å²) in [5.74, 6) is 0. The van der Waals surface area contributed by atoms with Crippen LogP contribution in [0.15, 0.2) is 30.3 Å². The highest BCUT2D eigenvalue weighted by molar-refractivity contribution is 5.67. The van der Waals surface area contributed by atoms with Crippen LogP contribution in [0, 0.1) is 0 Å². The van der Waals surface area contributed by atoms with Gasteiger partial charge in [-0.3, -0.25) is 4.79 Å². The molecule has 0 saturated heterocycles. The summed E-state index contributed by atoms with van der Waals surface area (Å²) in [4.78, 5) is 21.3. The minimum absolute atomic E-state index is 0.284. The summed E-state index contributed by atoms with van der Waals surface area (Å²) in [6, 6.07) is 9.54. The van der Waals surface area contributed by atoms with E-state index in [-0.39, 0.29) is 6.61 Å². The molecule has 0 spiro atoms. The molecule has 0 fully saturated rings. The molecule has 1 N–H and O–H groups in total. The van der Waals surface area contributed by atoms with E-state index in [1.165, 1.54) is 0 Å². The lowest BCUT2D eigenvalue weighted by Gasteiger charge is -2.06. The second kappa shape index (κ2) is 9.22. The van der Waals surface area contributed by atoms with E-state index >= 15 is 0 Å². The monoisotopic (exact) mass is 248 g/mol. The van der Waals surface area contributed by atoms with Crippen LogP contribution in [0.25, 0.3) is 0 Å². The van der Waals surface area contributed by atoms with Gasteiger partial charge in [0, 0.05) is 13.0 Å². The number of hydrogen-bond donors (Lipinski definition) is 1. The average Bonchev–Trinajstić information content (AvgIpc) is 2.41. The van der Waals surface area contributed by atoms with Gasteiger partial charge in [-0.1, -0.05) is 36.8 Å². The van der Waals surface area contributed by atoms with Crippen LogP contribution < -0.4 is 5.32 Å². The first-order valence-electron chi connectivity index (χ1n) is 6.12. The topological polar surface area (TPSA) is 55.4 Å². The van der Waals surface area contributed by atoms with Crippen LogP contribution in [0.4, 0.5) is 4.79 Å². The van der Waals surface area contributed by atoms with Gasteiger partial charge in [0.25, 0.3) is 0 Å². The molecule has 1 aromatic carbocycles. The molecule has 18 heavy (non-hydrogen) atoms. The van der Waals surface area contributed by atoms with Crippen molar-refractivity contribution in [3.63, 3.8) is 0 Å². The first-order chi connectivity index (χ1) is 8.83. The van der Waals surface area contributed by atoms with Gasteiger partial charge in [0.05, 0.1) is 0 Å². The molecule has 0 aromatic heterocycles. The zero-order valence-electron chi connectivity index (χ0n) is 10.4. The van der Waals surface area contributed by atoms with Gasteiger partial charge in [0.1, 0.15) is 6.61 Å². The second-order valence-electron chi connectivity index (χ2n) is 3.94. The Morgan fingerprint density at radius 1 is 1.17 bits per heavy atom. The van der Waals surface area contributed by atoms with Crippen molar-refractivity contribution in [2.75, 3.05) is 6.54 Å². The molecular weight excluding hydrogens is 230 g/mol. The van der Waals surface area contributed by atoms with E-state index in [1.54, 1.807) is 0 Å². The summed E-state index contributed by atoms with van der Waals surface area (Å²) in [6.07, 6.45) is 4.50. The van der Waals surface area contributed by atoms with Crippen molar-refractivity contribution in [2.24, 2.45) is 0 Å². The highest BCUT2D eigenvalue weighted by Crippen LogP contribution is 2.01. The molecular formula is C14H18NO3. The highest BCUT2D eigenvalue weighted by atomic mass is 16.5. The molecule has 0 atom stereocenters. The van der Waals surface area contributed by atoms with Crippen molar-refractivity contribution in [1.82, 2.24) is 5.32 Å². The molecule has 0 saturated carbocycles. The van der Waals surface area contributed by atoms with Crippen molar-refractivity contribution in [1.29, 1.82) is 0 Å². The zero-order chi connectivity index (χ0) is 13.1. The maximum atomic E-state index is 11.3. The number of hydrogen-bond acceptors (Lipinski definition) is 3. The number of ether oxygens (including phenoxy) is 1. The summed E-state index contributed by atoms with van der Waals surface area (Å²) < 4.78 is 5.04. The molecule has 0 aliphatic heterocycles. The molecule has 1 rings (SSSR count). The number of alkyl carbamates (subject to hydrolysis) is 1. The molecule has 0 heterocycles. The lowest BCUT2D eigenvalue weighted by Crippen LogP contribution is -2.25. The van der Waals surface area contributed by atoms with Crippen LogP contribution in [0.1, 0.15) is 31.2 Å². The SMILES string of the molecule is O=[C]CCCCCNC(=O)OCc1ccccc1. The van der Waals surface area contributed by atoms with Gasteiger partial charge in [-0.05, 0) is 18.4 Å². The second-order valence-corrected chi connectivity index (χ2v) is 3.94. The van der Waals surface area contributed by atoms with Crippen molar-refractivity contribution < 1.29 is 14.3 Å². The Balaban J connectivity index is 2.02. The van der Waals surface area contributed by atoms with E-state index in [9.17, 15) is 9.59 Å². The Labute approximate surface area is 107 Å². The third kappa shape index (κ3) is 6.68. The fourth-order valence-electron chi connectivity index (χ4n) is 1.46. The van der Waals surface area contributed by atoms with Crippen LogP contribution in [0.5, 0.6) is 0 Å². The molecule has 0 bridgehead atoms. The largest absolute Gasteiger partial charge is 0.445 e. The third-order valence-electron chi connectivity index (χ3n) is 2.44. The Morgan fingerprint density at radius 2 is 1.94 bits per heavy atom. The van der Waals surface area contributed by atoms with Gasteiger partial charge in [-0.25, -0.2) is 4.79 Å². The van der Waals surface area contributed by atoms with Crippen LogP contribution in [0.3, 0.4) is 0 Å². The molecule has 0 aliphatic rings. The Bertz CT molecular complexity index is 351. The fourth-order valence-corrected chi connectivity index (χ4v) is 1.46. The number of carbonyl (C=O) groups excluding carboxylic acids is 2.